The molecule has 0 aromatic heterocycles. The van der Waals surface area contributed by atoms with E-state index >= 15 is 0 Å². The van der Waals surface area contributed by atoms with Gasteiger partial charge < -0.3 is 21.3 Å². The van der Waals surface area contributed by atoms with Gasteiger partial charge in [-0.2, -0.15) is 0 Å². The van der Waals surface area contributed by atoms with Gasteiger partial charge >= 0.3 is 6.03 Å². The normalized spacial score (nSPS) is 24.5. The molecule has 25 heavy (non-hydrogen) atoms. The molecule has 138 valence electrons. The van der Waals surface area contributed by atoms with Crippen LogP contribution in [0.4, 0.5) is 4.79 Å². The van der Waals surface area contributed by atoms with Crippen molar-refractivity contribution in [3.05, 3.63) is 35.4 Å². The van der Waals surface area contributed by atoms with E-state index in [0.29, 0.717) is 24.9 Å². The van der Waals surface area contributed by atoms with Gasteiger partial charge in [0, 0.05) is 52.4 Å². The average molecular weight is 345 g/mol. The molecule has 2 aliphatic heterocycles. The van der Waals surface area contributed by atoms with Crippen molar-refractivity contribution in [2.75, 3.05) is 45.8 Å². The molecule has 0 spiro atoms. The van der Waals surface area contributed by atoms with Gasteiger partial charge in [0.25, 0.3) is 0 Å². The molecule has 3 rings (SSSR count). The summed E-state index contributed by atoms with van der Waals surface area (Å²) in [4.78, 5) is 16.7. The first kappa shape index (κ1) is 18.2. The van der Waals surface area contributed by atoms with E-state index in [1.165, 1.54) is 5.56 Å². The minimum atomic E-state index is 0.0210. The van der Waals surface area contributed by atoms with Gasteiger partial charge in [0.1, 0.15) is 0 Å². The highest BCUT2D eigenvalue weighted by Crippen LogP contribution is 2.21. The molecule has 2 atom stereocenters. The summed E-state index contributed by atoms with van der Waals surface area (Å²) in [7, 11) is 0. The van der Waals surface area contributed by atoms with Crippen LogP contribution < -0.4 is 16.4 Å². The molecular formula is C19H31N5O. The molecule has 1 aromatic carbocycles. The molecule has 2 heterocycles. The molecule has 0 saturated carbocycles. The van der Waals surface area contributed by atoms with E-state index < -0.39 is 0 Å². The molecular weight excluding hydrogens is 314 g/mol. The zero-order chi connectivity index (χ0) is 17.6. The summed E-state index contributed by atoms with van der Waals surface area (Å²) in [6.07, 6.45) is 0. The SMILES string of the molecule is C[C@@H]1CN(C(=O)NCc2ccc(CN3CCNCC3)cc2)C[C@H]1CN. The van der Waals surface area contributed by atoms with Crippen molar-refractivity contribution in [2.45, 2.75) is 20.0 Å². The van der Waals surface area contributed by atoms with Crippen LogP contribution in [0.2, 0.25) is 0 Å². The second-order valence-corrected chi connectivity index (χ2v) is 7.38. The molecule has 2 aliphatic rings. The number of likely N-dealkylation sites (tertiary alicyclic amines) is 1. The van der Waals surface area contributed by atoms with E-state index in [0.717, 1.165) is 51.4 Å². The maximum atomic E-state index is 12.3. The van der Waals surface area contributed by atoms with E-state index in [1.54, 1.807) is 0 Å². The maximum absolute atomic E-state index is 12.3. The number of benzene rings is 1. The Balaban J connectivity index is 1.44. The Morgan fingerprint density at radius 1 is 1.20 bits per heavy atom. The Kier molecular flexibility index (Phi) is 6.29. The Bertz CT molecular complexity index is 555. The van der Waals surface area contributed by atoms with Gasteiger partial charge in [0.15, 0.2) is 0 Å². The number of rotatable bonds is 5. The molecule has 6 heteroatoms. The number of piperazine rings is 1. The van der Waals surface area contributed by atoms with Crippen molar-refractivity contribution < 1.29 is 4.79 Å². The number of hydrogen-bond acceptors (Lipinski definition) is 4. The molecule has 0 aliphatic carbocycles. The molecule has 2 fully saturated rings. The number of urea groups is 1. The molecule has 0 radical (unpaired) electrons. The highest BCUT2D eigenvalue weighted by molar-refractivity contribution is 5.74. The molecule has 0 unspecified atom stereocenters. The monoisotopic (exact) mass is 345 g/mol. The molecule has 0 bridgehead atoms. The first-order valence-corrected chi connectivity index (χ1v) is 9.39. The smallest absolute Gasteiger partial charge is 0.317 e. The number of nitrogens with one attached hydrogen (secondary N) is 2. The highest BCUT2D eigenvalue weighted by atomic mass is 16.2. The minimum Gasteiger partial charge on any atom is -0.334 e. The van der Waals surface area contributed by atoms with E-state index in [-0.39, 0.29) is 6.03 Å². The van der Waals surface area contributed by atoms with Crippen molar-refractivity contribution in [1.82, 2.24) is 20.4 Å². The van der Waals surface area contributed by atoms with Crippen molar-refractivity contribution >= 4 is 6.03 Å². The van der Waals surface area contributed by atoms with Crippen molar-refractivity contribution in [3.63, 3.8) is 0 Å². The van der Waals surface area contributed by atoms with Gasteiger partial charge in [0.2, 0.25) is 0 Å². The maximum Gasteiger partial charge on any atom is 0.317 e. The van der Waals surface area contributed by atoms with E-state index in [4.69, 9.17) is 5.73 Å². The van der Waals surface area contributed by atoms with Crippen LogP contribution in [0.1, 0.15) is 18.1 Å². The number of nitrogens with zero attached hydrogens (tertiary/aromatic N) is 2. The third-order valence-electron chi connectivity index (χ3n) is 5.44. The summed E-state index contributed by atoms with van der Waals surface area (Å²) in [6, 6.07) is 8.60. The summed E-state index contributed by atoms with van der Waals surface area (Å²) in [5, 5.41) is 6.41. The van der Waals surface area contributed by atoms with Gasteiger partial charge in [-0.1, -0.05) is 31.2 Å². The van der Waals surface area contributed by atoms with Crippen LogP contribution in [0, 0.1) is 11.8 Å². The standard InChI is InChI=1S/C19H31N5O/c1-15-12-24(14-18(15)10-20)19(25)22-11-16-2-4-17(5-3-16)13-23-8-6-21-7-9-23/h2-5,15,18,21H,6-14,20H2,1H3,(H,22,25)/t15-,18-/m1/s1. The number of nitrogens with two attached hydrogens (primary N) is 1. The second-order valence-electron chi connectivity index (χ2n) is 7.38. The first-order chi connectivity index (χ1) is 12.2. The second kappa shape index (κ2) is 8.65. The summed E-state index contributed by atoms with van der Waals surface area (Å²) in [5.41, 5.74) is 8.24. The summed E-state index contributed by atoms with van der Waals surface area (Å²) >= 11 is 0. The van der Waals surface area contributed by atoms with Crippen LogP contribution in [0.5, 0.6) is 0 Å². The van der Waals surface area contributed by atoms with Crippen molar-refractivity contribution in [2.24, 2.45) is 17.6 Å². The fraction of sp³-hybridized carbons (Fsp3) is 0.632. The third kappa shape index (κ3) is 4.93. The van der Waals surface area contributed by atoms with Gasteiger partial charge in [-0.3, -0.25) is 4.90 Å². The van der Waals surface area contributed by atoms with Crippen molar-refractivity contribution in [1.29, 1.82) is 0 Å². The Morgan fingerprint density at radius 3 is 2.52 bits per heavy atom. The Labute approximate surface area is 150 Å². The van der Waals surface area contributed by atoms with Gasteiger partial charge in [-0.05, 0) is 29.5 Å². The Hall–Kier alpha value is -1.63. The topological polar surface area (TPSA) is 73.6 Å². The predicted octanol–water partition coefficient (Wildman–Crippen LogP) is 0.828. The van der Waals surface area contributed by atoms with Crippen LogP contribution >= 0.6 is 0 Å². The van der Waals surface area contributed by atoms with E-state index in [2.05, 4.69) is 46.7 Å². The lowest BCUT2D eigenvalue weighted by Gasteiger charge is -2.27. The third-order valence-corrected chi connectivity index (χ3v) is 5.44. The molecule has 4 N–H and O–H groups in total. The van der Waals surface area contributed by atoms with Crippen LogP contribution in [0.15, 0.2) is 24.3 Å². The minimum absolute atomic E-state index is 0.0210. The first-order valence-electron chi connectivity index (χ1n) is 9.39. The fourth-order valence-electron chi connectivity index (χ4n) is 3.69. The van der Waals surface area contributed by atoms with Crippen LogP contribution in [0.3, 0.4) is 0 Å². The lowest BCUT2D eigenvalue weighted by atomic mass is 9.99. The molecule has 2 saturated heterocycles. The summed E-state index contributed by atoms with van der Waals surface area (Å²) in [5.74, 6) is 0.912. The lowest BCUT2D eigenvalue weighted by molar-refractivity contribution is 0.206. The number of amides is 2. The van der Waals surface area contributed by atoms with E-state index in [9.17, 15) is 4.79 Å². The lowest BCUT2D eigenvalue weighted by Crippen LogP contribution is -2.42. The fourth-order valence-corrected chi connectivity index (χ4v) is 3.69. The number of carbonyl (C=O) groups excluding carboxylic acids is 1. The Morgan fingerprint density at radius 2 is 1.88 bits per heavy atom. The highest BCUT2D eigenvalue weighted by Gasteiger charge is 2.31. The predicted molar refractivity (Wildman–Crippen MR) is 100 cm³/mol. The van der Waals surface area contributed by atoms with Crippen LogP contribution in [0.25, 0.3) is 0 Å². The largest absolute Gasteiger partial charge is 0.334 e. The average Bonchev–Trinajstić information content (AvgIpc) is 3.03. The van der Waals surface area contributed by atoms with Crippen LogP contribution in [-0.4, -0.2) is 61.6 Å². The zero-order valence-corrected chi connectivity index (χ0v) is 15.2. The number of carbonyl (C=O) groups is 1. The quantitative estimate of drug-likeness (QED) is 0.739. The summed E-state index contributed by atoms with van der Waals surface area (Å²) < 4.78 is 0. The van der Waals surface area contributed by atoms with Crippen LogP contribution in [-0.2, 0) is 13.1 Å². The molecule has 2 amide bonds. The molecule has 1 aromatic rings. The summed E-state index contributed by atoms with van der Waals surface area (Å²) in [6.45, 7) is 10.3. The molecule has 6 nitrogen and oxygen atoms in total. The van der Waals surface area contributed by atoms with E-state index in [1.807, 2.05) is 4.90 Å². The van der Waals surface area contributed by atoms with Gasteiger partial charge in [-0.15, -0.1) is 0 Å². The number of hydrogen-bond donors (Lipinski definition) is 3. The van der Waals surface area contributed by atoms with Gasteiger partial charge in [0.05, 0.1) is 0 Å². The van der Waals surface area contributed by atoms with Crippen molar-refractivity contribution in [3.8, 4) is 0 Å². The zero-order valence-electron chi connectivity index (χ0n) is 15.2. The van der Waals surface area contributed by atoms with Gasteiger partial charge in [-0.25, -0.2) is 4.79 Å².